The molecule has 0 aliphatic rings. The zero-order valence-corrected chi connectivity index (χ0v) is 21.9. The van der Waals surface area contributed by atoms with E-state index in [2.05, 4.69) is 5.10 Å². The normalized spacial score (nSPS) is 12.9. The van der Waals surface area contributed by atoms with Crippen molar-refractivity contribution in [3.05, 3.63) is 82.4 Å². The fraction of sp³-hybridized carbons (Fsp3) is 0.393. The van der Waals surface area contributed by atoms with Crippen LogP contribution in [-0.2, 0) is 17.8 Å². The molecule has 3 N–H and O–H groups in total. The van der Waals surface area contributed by atoms with E-state index in [9.17, 15) is 33.0 Å². The SMILES string of the molecule is CC(C)c1c(C(=O)N(C)Cc2c(F)cccc2F)nn(-c2ccc(F)cc2)c1CC[C@@H](O)C[C@@H](O)CC(=O)O. The van der Waals surface area contributed by atoms with Crippen LogP contribution in [0.3, 0.4) is 0 Å². The van der Waals surface area contributed by atoms with Gasteiger partial charge in [-0.2, -0.15) is 5.10 Å². The molecule has 1 amide bonds. The summed E-state index contributed by atoms with van der Waals surface area (Å²) in [6.07, 6.45) is -2.62. The van der Waals surface area contributed by atoms with Gasteiger partial charge in [-0.15, -0.1) is 0 Å². The van der Waals surface area contributed by atoms with Gasteiger partial charge in [0.2, 0.25) is 0 Å². The van der Waals surface area contributed by atoms with E-state index in [0.29, 0.717) is 16.9 Å². The number of aliphatic hydroxyl groups excluding tert-OH is 2. The van der Waals surface area contributed by atoms with Gasteiger partial charge in [0.05, 0.1) is 30.9 Å². The van der Waals surface area contributed by atoms with Gasteiger partial charge in [0.25, 0.3) is 5.91 Å². The maximum Gasteiger partial charge on any atom is 0.305 e. The third kappa shape index (κ3) is 7.45. The predicted octanol–water partition coefficient (Wildman–Crippen LogP) is 4.20. The summed E-state index contributed by atoms with van der Waals surface area (Å²) in [5.74, 6) is -4.04. The molecule has 0 spiro atoms. The number of aromatic nitrogens is 2. The fourth-order valence-corrected chi connectivity index (χ4v) is 4.46. The molecule has 0 unspecified atom stereocenters. The second-order valence-corrected chi connectivity index (χ2v) is 9.79. The summed E-state index contributed by atoms with van der Waals surface area (Å²) in [6.45, 7) is 3.35. The molecule has 0 saturated carbocycles. The van der Waals surface area contributed by atoms with Crippen molar-refractivity contribution in [2.75, 3.05) is 7.05 Å². The minimum Gasteiger partial charge on any atom is -0.481 e. The summed E-state index contributed by atoms with van der Waals surface area (Å²) in [5.41, 5.74) is 1.33. The quantitative estimate of drug-likeness (QED) is 0.313. The molecule has 3 rings (SSSR count). The smallest absolute Gasteiger partial charge is 0.305 e. The van der Waals surface area contributed by atoms with Crippen LogP contribution in [0.25, 0.3) is 5.69 Å². The van der Waals surface area contributed by atoms with Crippen molar-refractivity contribution >= 4 is 11.9 Å². The molecule has 1 aromatic heterocycles. The molecule has 2 aromatic carbocycles. The Kier molecular flexibility index (Phi) is 9.87. The minimum absolute atomic E-state index is 0.0453. The lowest BCUT2D eigenvalue weighted by molar-refractivity contribution is -0.139. The molecule has 39 heavy (non-hydrogen) atoms. The molecule has 3 aromatic rings. The Morgan fingerprint density at radius 2 is 1.62 bits per heavy atom. The standard InChI is InChI=1S/C28H32F3N3O5/c1-16(2)26-24(12-11-19(35)13-20(36)14-25(37)38)34(18-9-7-17(29)8-10-18)32-27(26)28(39)33(3)15-21-22(30)5-4-6-23(21)31/h4-10,16,19-20,35-36H,11-15H2,1-3H3,(H,37,38)/t19-,20-/m1/s1. The van der Waals surface area contributed by atoms with Crippen LogP contribution in [0.4, 0.5) is 13.2 Å². The zero-order chi connectivity index (χ0) is 28.9. The number of hydrogen-bond acceptors (Lipinski definition) is 5. The van der Waals surface area contributed by atoms with Crippen molar-refractivity contribution in [2.24, 2.45) is 0 Å². The molecule has 0 radical (unpaired) electrons. The van der Waals surface area contributed by atoms with Crippen LogP contribution < -0.4 is 0 Å². The molecule has 210 valence electrons. The highest BCUT2D eigenvalue weighted by Gasteiger charge is 2.29. The molecule has 0 aliphatic carbocycles. The van der Waals surface area contributed by atoms with E-state index in [1.165, 1.54) is 42.1 Å². The van der Waals surface area contributed by atoms with Gasteiger partial charge in [-0.1, -0.05) is 19.9 Å². The molecule has 1 heterocycles. The number of carboxylic acid groups (broad SMARTS) is 1. The molecule has 0 saturated heterocycles. The van der Waals surface area contributed by atoms with Gasteiger partial charge in [-0.3, -0.25) is 9.59 Å². The highest BCUT2D eigenvalue weighted by atomic mass is 19.1. The molecular weight excluding hydrogens is 515 g/mol. The topological polar surface area (TPSA) is 116 Å². The summed E-state index contributed by atoms with van der Waals surface area (Å²) < 4.78 is 43.6. The van der Waals surface area contributed by atoms with E-state index in [4.69, 9.17) is 5.11 Å². The van der Waals surface area contributed by atoms with E-state index >= 15 is 0 Å². The number of carboxylic acids is 1. The summed E-state index contributed by atoms with van der Waals surface area (Å²) in [6, 6.07) is 8.89. The Morgan fingerprint density at radius 3 is 2.18 bits per heavy atom. The number of nitrogens with zero attached hydrogens (tertiary/aromatic N) is 3. The monoisotopic (exact) mass is 547 g/mol. The highest BCUT2D eigenvalue weighted by Crippen LogP contribution is 2.29. The highest BCUT2D eigenvalue weighted by molar-refractivity contribution is 5.94. The van der Waals surface area contributed by atoms with Gasteiger partial charge in [0.1, 0.15) is 17.5 Å². The maximum absolute atomic E-state index is 14.2. The average molecular weight is 548 g/mol. The summed E-state index contributed by atoms with van der Waals surface area (Å²) in [7, 11) is 1.41. The second-order valence-electron chi connectivity index (χ2n) is 9.79. The number of aliphatic hydroxyl groups is 2. The molecule has 2 atom stereocenters. The first-order valence-corrected chi connectivity index (χ1v) is 12.5. The Hall–Kier alpha value is -3.70. The maximum atomic E-state index is 14.2. The van der Waals surface area contributed by atoms with Crippen LogP contribution in [0.5, 0.6) is 0 Å². The number of benzene rings is 2. The Balaban J connectivity index is 1.98. The predicted molar refractivity (Wildman–Crippen MR) is 137 cm³/mol. The van der Waals surface area contributed by atoms with Crippen LogP contribution in [0, 0.1) is 17.5 Å². The van der Waals surface area contributed by atoms with E-state index in [1.54, 1.807) is 0 Å². The number of aliphatic carboxylic acids is 1. The Bertz CT molecular complexity index is 1290. The lowest BCUT2D eigenvalue weighted by Crippen LogP contribution is -2.28. The van der Waals surface area contributed by atoms with Crippen molar-refractivity contribution in [1.82, 2.24) is 14.7 Å². The minimum atomic E-state index is -1.23. The fourth-order valence-electron chi connectivity index (χ4n) is 4.46. The largest absolute Gasteiger partial charge is 0.481 e. The number of amides is 1. The van der Waals surface area contributed by atoms with Crippen LogP contribution in [0.1, 0.15) is 66.3 Å². The number of carbonyl (C=O) groups excluding carboxylic acids is 1. The molecule has 0 aliphatic heterocycles. The van der Waals surface area contributed by atoms with Crippen molar-refractivity contribution in [3.63, 3.8) is 0 Å². The third-order valence-corrected chi connectivity index (χ3v) is 6.35. The van der Waals surface area contributed by atoms with E-state index < -0.39 is 48.0 Å². The third-order valence-electron chi connectivity index (χ3n) is 6.35. The van der Waals surface area contributed by atoms with E-state index in [-0.39, 0.29) is 43.0 Å². The number of hydrogen-bond donors (Lipinski definition) is 3. The first-order chi connectivity index (χ1) is 18.4. The Morgan fingerprint density at radius 1 is 1.00 bits per heavy atom. The zero-order valence-electron chi connectivity index (χ0n) is 21.9. The van der Waals surface area contributed by atoms with Gasteiger partial charge in [0, 0.05) is 23.9 Å². The van der Waals surface area contributed by atoms with Gasteiger partial charge in [0.15, 0.2) is 5.69 Å². The molecular formula is C28H32F3N3O5. The molecule has 8 nitrogen and oxygen atoms in total. The lowest BCUT2D eigenvalue weighted by Gasteiger charge is -2.19. The van der Waals surface area contributed by atoms with Crippen molar-refractivity contribution in [3.8, 4) is 5.69 Å². The number of rotatable bonds is 12. The molecule has 11 heteroatoms. The molecule has 0 fully saturated rings. The Labute approximate surface area is 224 Å². The van der Waals surface area contributed by atoms with E-state index in [0.717, 1.165) is 17.0 Å². The second kappa shape index (κ2) is 12.9. The van der Waals surface area contributed by atoms with Gasteiger partial charge >= 0.3 is 5.97 Å². The average Bonchev–Trinajstić information content (AvgIpc) is 3.24. The van der Waals surface area contributed by atoms with Crippen molar-refractivity contribution in [1.29, 1.82) is 0 Å². The van der Waals surface area contributed by atoms with Gasteiger partial charge < -0.3 is 20.2 Å². The number of halogens is 3. The van der Waals surface area contributed by atoms with Crippen LogP contribution in [-0.4, -0.2) is 61.1 Å². The lowest BCUT2D eigenvalue weighted by atomic mass is 9.95. The first kappa shape index (κ1) is 29.9. The molecule has 0 bridgehead atoms. The first-order valence-electron chi connectivity index (χ1n) is 12.5. The van der Waals surface area contributed by atoms with Gasteiger partial charge in [-0.05, 0) is 61.6 Å². The summed E-state index contributed by atoms with van der Waals surface area (Å²) >= 11 is 0. The summed E-state index contributed by atoms with van der Waals surface area (Å²) in [4.78, 5) is 25.5. The van der Waals surface area contributed by atoms with Crippen LogP contribution >= 0.6 is 0 Å². The van der Waals surface area contributed by atoms with E-state index in [1.807, 2.05) is 13.8 Å². The number of carbonyl (C=O) groups is 2. The van der Waals surface area contributed by atoms with Gasteiger partial charge in [-0.25, -0.2) is 17.9 Å². The van der Waals surface area contributed by atoms with Crippen molar-refractivity contribution < 1.29 is 38.1 Å². The van der Waals surface area contributed by atoms with Crippen LogP contribution in [0.2, 0.25) is 0 Å². The van der Waals surface area contributed by atoms with Crippen LogP contribution in [0.15, 0.2) is 42.5 Å². The van der Waals surface area contributed by atoms with Crippen molar-refractivity contribution in [2.45, 2.75) is 64.2 Å². The summed E-state index contributed by atoms with van der Waals surface area (Å²) in [5, 5.41) is 33.7.